The predicted molar refractivity (Wildman–Crippen MR) is 66.1 cm³/mol. The largest absolute Gasteiger partial charge is 0.508 e. The van der Waals surface area contributed by atoms with Gasteiger partial charge in [-0.05, 0) is 12.1 Å². The second kappa shape index (κ2) is 5.08. The van der Waals surface area contributed by atoms with Gasteiger partial charge in [-0.2, -0.15) is 0 Å². The SMILES string of the molecule is Oc1ccccc1C(O)C(O)c1ccccc1O. The summed E-state index contributed by atoms with van der Waals surface area (Å²) in [5.41, 5.74) is 0.432. The Balaban J connectivity index is 2.33. The van der Waals surface area contributed by atoms with Crippen LogP contribution in [-0.4, -0.2) is 20.4 Å². The maximum Gasteiger partial charge on any atom is 0.121 e. The fourth-order valence-electron chi connectivity index (χ4n) is 1.82. The van der Waals surface area contributed by atoms with Crippen LogP contribution in [0.5, 0.6) is 11.5 Å². The normalized spacial score (nSPS) is 14.1. The molecule has 0 heterocycles. The molecule has 0 radical (unpaired) electrons. The summed E-state index contributed by atoms with van der Waals surface area (Å²) in [4.78, 5) is 0. The lowest BCUT2D eigenvalue weighted by atomic mass is 9.97. The minimum absolute atomic E-state index is 0.0977. The zero-order valence-corrected chi connectivity index (χ0v) is 9.56. The molecule has 0 spiro atoms. The van der Waals surface area contributed by atoms with Crippen molar-refractivity contribution in [2.24, 2.45) is 0 Å². The Hall–Kier alpha value is -2.04. The minimum Gasteiger partial charge on any atom is -0.508 e. The molecular weight excluding hydrogens is 232 g/mol. The second-order valence-corrected chi connectivity index (χ2v) is 4.01. The number of aliphatic hydroxyl groups excluding tert-OH is 2. The van der Waals surface area contributed by atoms with Gasteiger partial charge in [-0.15, -0.1) is 0 Å². The van der Waals surface area contributed by atoms with Crippen LogP contribution in [0.4, 0.5) is 0 Å². The van der Waals surface area contributed by atoms with E-state index in [1.54, 1.807) is 24.3 Å². The quantitative estimate of drug-likeness (QED) is 0.666. The van der Waals surface area contributed by atoms with Crippen LogP contribution >= 0.6 is 0 Å². The molecule has 0 saturated heterocycles. The van der Waals surface area contributed by atoms with Crippen molar-refractivity contribution in [2.75, 3.05) is 0 Å². The zero-order chi connectivity index (χ0) is 13.1. The molecule has 18 heavy (non-hydrogen) atoms. The van der Waals surface area contributed by atoms with Gasteiger partial charge in [0.15, 0.2) is 0 Å². The lowest BCUT2D eigenvalue weighted by Gasteiger charge is -2.20. The average Bonchev–Trinajstić information content (AvgIpc) is 2.38. The summed E-state index contributed by atoms with van der Waals surface area (Å²) in [7, 11) is 0. The van der Waals surface area contributed by atoms with Crippen molar-refractivity contribution in [3.8, 4) is 11.5 Å². The van der Waals surface area contributed by atoms with Crippen molar-refractivity contribution in [1.82, 2.24) is 0 Å². The molecule has 4 N–H and O–H groups in total. The number of hydrogen-bond donors (Lipinski definition) is 4. The van der Waals surface area contributed by atoms with E-state index in [0.29, 0.717) is 0 Å². The Morgan fingerprint density at radius 2 is 0.944 bits per heavy atom. The van der Waals surface area contributed by atoms with Crippen molar-refractivity contribution in [2.45, 2.75) is 12.2 Å². The molecule has 0 saturated carbocycles. The predicted octanol–water partition coefficient (Wildman–Crippen LogP) is 1.86. The number of benzene rings is 2. The molecule has 2 atom stereocenters. The van der Waals surface area contributed by atoms with Crippen molar-refractivity contribution in [1.29, 1.82) is 0 Å². The van der Waals surface area contributed by atoms with Gasteiger partial charge in [-0.25, -0.2) is 0 Å². The van der Waals surface area contributed by atoms with Gasteiger partial charge in [0.25, 0.3) is 0 Å². The topological polar surface area (TPSA) is 80.9 Å². The van der Waals surface area contributed by atoms with Crippen LogP contribution in [0, 0.1) is 0 Å². The molecule has 2 aromatic carbocycles. The first kappa shape index (κ1) is 12.4. The summed E-state index contributed by atoms with van der Waals surface area (Å²) in [5.74, 6) is -0.195. The molecule has 4 heteroatoms. The van der Waals surface area contributed by atoms with Gasteiger partial charge >= 0.3 is 0 Å². The van der Waals surface area contributed by atoms with Crippen molar-refractivity contribution >= 4 is 0 Å². The van der Waals surface area contributed by atoms with E-state index in [-0.39, 0.29) is 22.6 Å². The smallest absolute Gasteiger partial charge is 0.121 e. The number of phenolic OH excluding ortho intramolecular Hbond substituents is 2. The summed E-state index contributed by atoms with van der Waals surface area (Å²) in [6.07, 6.45) is -2.61. The second-order valence-electron chi connectivity index (χ2n) is 4.01. The van der Waals surface area contributed by atoms with Gasteiger partial charge in [-0.3, -0.25) is 0 Å². The highest BCUT2D eigenvalue weighted by molar-refractivity contribution is 5.39. The Morgan fingerprint density at radius 1 is 0.611 bits per heavy atom. The summed E-state index contributed by atoms with van der Waals surface area (Å²) >= 11 is 0. The Kier molecular flexibility index (Phi) is 3.50. The molecule has 0 aliphatic rings. The van der Waals surface area contributed by atoms with Crippen molar-refractivity contribution in [3.05, 3.63) is 59.7 Å². The molecule has 2 unspecified atom stereocenters. The maximum absolute atomic E-state index is 10.0. The fraction of sp³-hybridized carbons (Fsp3) is 0.143. The van der Waals surface area contributed by atoms with Gasteiger partial charge < -0.3 is 20.4 Å². The fourth-order valence-corrected chi connectivity index (χ4v) is 1.82. The van der Waals surface area contributed by atoms with Crippen LogP contribution < -0.4 is 0 Å². The van der Waals surface area contributed by atoms with Gasteiger partial charge in [0, 0.05) is 11.1 Å². The molecular formula is C14H14O4. The molecule has 2 rings (SSSR count). The summed E-state index contributed by atoms with van der Waals surface area (Å²) in [5, 5.41) is 39.3. The standard InChI is InChI=1S/C14H14O4/c15-11-7-3-1-5-9(11)13(17)14(18)10-6-2-4-8-12(10)16/h1-8,13-18H. The molecule has 0 aromatic heterocycles. The average molecular weight is 246 g/mol. The molecule has 0 amide bonds. The first-order valence-corrected chi connectivity index (χ1v) is 5.53. The molecule has 4 nitrogen and oxygen atoms in total. The highest BCUT2D eigenvalue weighted by Gasteiger charge is 2.24. The number of aliphatic hydroxyl groups is 2. The summed E-state index contributed by atoms with van der Waals surface area (Å²) < 4.78 is 0. The van der Waals surface area contributed by atoms with E-state index in [1.807, 2.05) is 0 Å². The monoisotopic (exact) mass is 246 g/mol. The van der Waals surface area contributed by atoms with Crippen molar-refractivity contribution in [3.63, 3.8) is 0 Å². The van der Waals surface area contributed by atoms with E-state index in [9.17, 15) is 20.4 Å². The number of para-hydroxylation sites is 2. The number of phenols is 2. The minimum atomic E-state index is -1.31. The number of aromatic hydroxyl groups is 2. The Bertz CT molecular complexity index is 489. The number of hydrogen-bond acceptors (Lipinski definition) is 4. The first-order valence-electron chi connectivity index (χ1n) is 5.53. The van der Waals surface area contributed by atoms with E-state index in [2.05, 4.69) is 0 Å². The summed E-state index contributed by atoms with van der Waals surface area (Å²) in [6.45, 7) is 0. The van der Waals surface area contributed by atoms with Crippen LogP contribution in [-0.2, 0) is 0 Å². The zero-order valence-electron chi connectivity index (χ0n) is 9.56. The maximum atomic E-state index is 10.0. The van der Waals surface area contributed by atoms with Gasteiger partial charge in [0.1, 0.15) is 23.7 Å². The summed E-state index contributed by atoms with van der Waals surface area (Å²) in [6, 6.07) is 12.4. The van der Waals surface area contributed by atoms with Crippen LogP contribution in [0.15, 0.2) is 48.5 Å². The highest BCUT2D eigenvalue weighted by Crippen LogP contribution is 2.36. The molecule has 0 bridgehead atoms. The molecule has 2 aromatic rings. The van der Waals surface area contributed by atoms with E-state index in [0.717, 1.165) is 0 Å². The third-order valence-electron chi connectivity index (χ3n) is 2.81. The van der Waals surface area contributed by atoms with Crippen LogP contribution in [0.3, 0.4) is 0 Å². The van der Waals surface area contributed by atoms with Crippen molar-refractivity contribution < 1.29 is 20.4 Å². The van der Waals surface area contributed by atoms with E-state index >= 15 is 0 Å². The molecule has 94 valence electrons. The van der Waals surface area contributed by atoms with E-state index in [1.165, 1.54) is 24.3 Å². The van der Waals surface area contributed by atoms with E-state index < -0.39 is 12.2 Å². The molecule has 0 fully saturated rings. The lowest BCUT2D eigenvalue weighted by Crippen LogP contribution is -2.10. The third kappa shape index (κ3) is 2.30. The van der Waals surface area contributed by atoms with Gasteiger partial charge in [0.2, 0.25) is 0 Å². The lowest BCUT2D eigenvalue weighted by molar-refractivity contribution is 0.0145. The Morgan fingerprint density at radius 3 is 1.28 bits per heavy atom. The Labute approximate surface area is 104 Å². The molecule has 0 aliphatic heterocycles. The third-order valence-corrected chi connectivity index (χ3v) is 2.81. The molecule has 0 aliphatic carbocycles. The number of rotatable bonds is 3. The van der Waals surface area contributed by atoms with Crippen LogP contribution in [0.25, 0.3) is 0 Å². The van der Waals surface area contributed by atoms with Gasteiger partial charge in [0.05, 0.1) is 0 Å². The van der Waals surface area contributed by atoms with Crippen LogP contribution in [0.1, 0.15) is 23.3 Å². The first-order chi connectivity index (χ1) is 8.61. The van der Waals surface area contributed by atoms with Crippen LogP contribution in [0.2, 0.25) is 0 Å². The van der Waals surface area contributed by atoms with Gasteiger partial charge in [-0.1, -0.05) is 36.4 Å². The highest BCUT2D eigenvalue weighted by atomic mass is 16.3. The van der Waals surface area contributed by atoms with E-state index in [4.69, 9.17) is 0 Å².